The second-order valence-electron chi connectivity index (χ2n) is 10.7. The molecule has 3 N–H and O–H groups in total. The Morgan fingerprint density at radius 1 is 1.26 bits per heavy atom. The van der Waals surface area contributed by atoms with E-state index in [2.05, 4.69) is 11.8 Å². The number of hydrogen-bond donors (Lipinski definition) is 3. The minimum atomic E-state index is -1.95. The van der Waals surface area contributed by atoms with Crippen molar-refractivity contribution in [2.75, 3.05) is 6.61 Å². The molecule has 0 bridgehead atoms. The van der Waals surface area contributed by atoms with Crippen LogP contribution < -0.4 is 0 Å². The molecule has 0 aliphatic heterocycles. The first kappa shape index (κ1) is 24.6. The number of aliphatic hydroxyl groups excluding tert-OH is 1. The van der Waals surface area contributed by atoms with Gasteiger partial charge >= 0.3 is 11.9 Å². The predicted octanol–water partition coefficient (Wildman–Crippen LogP) is 4.03. The van der Waals surface area contributed by atoms with E-state index >= 15 is 0 Å². The van der Waals surface area contributed by atoms with Gasteiger partial charge in [-0.3, -0.25) is 9.59 Å². The molecule has 4 rings (SSSR count). The van der Waals surface area contributed by atoms with Crippen molar-refractivity contribution in [3.63, 3.8) is 0 Å². The molecule has 0 radical (unpaired) electrons. The molecular weight excluding hydrogens is 440 g/mol. The third-order valence-corrected chi connectivity index (χ3v) is 8.73. The van der Waals surface area contributed by atoms with Crippen LogP contribution in [0.1, 0.15) is 65.1 Å². The zero-order valence-electron chi connectivity index (χ0n) is 20.3. The molecule has 0 saturated heterocycles. The lowest BCUT2D eigenvalue weighted by atomic mass is 9.59. The maximum absolute atomic E-state index is 13.1. The Hall–Kier alpha value is -2.47. The number of carbonyl (C=O) groups is 3. The molecule has 0 spiro atoms. The van der Waals surface area contributed by atoms with E-state index in [0.29, 0.717) is 11.1 Å². The third kappa shape index (κ3) is 2.87. The summed E-state index contributed by atoms with van der Waals surface area (Å²) in [6.45, 7) is 9.36. The fraction of sp³-hybridized carbons (Fsp3) is 0.654. The first-order valence-electron chi connectivity index (χ1n) is 11.5. The highest BCUT2D eigenvalue weighted by Crippen LogP contribution is 2.77. The normalized spacial score (nSPS) is 43.6. The fourth-order valence-corrected chi connectivity index (χ4v) is 7.31. The third-order valence-electron chi connectivity index (χ3n) is 8.73. The van der Waals surface area contributed by atoms with Crippen LogP contribution in [0.4, 0.5) is 0 Å². The highest BCUT2D eigenvalue weighted by atomic mass is 16.6. The highest BCUT2D eigenvalue weighted by Gasteiger charge is 2.87. The standard InChI is InChI=1S/C26H32O8.12H2/c1-7-8-19(29)33-22-14(3)25(32)17(20-23(5,6)26(20,22)34-15(4)28)10-16(12-27)11-24(31)18(25)9-13(2)21(24)30;;;;;;;;;;;;/h9-10,14,17-18,20,22,27,31-32H,11-12H2,1-6H3;12*1H/t14-,17+,18-,20-,22-,24-,25-,26-;;;;;;;;;;;;/m1............/s1. The van der Waals surface area contributed by atoms with Crippen molar-refractivity contribution in [2.45, 2.75) is 70.9 Å². The molecule has 8 heteroatoms. The van der Waals surface area contributed by atoms with Gasteiger partial charge in [0.2, 0.25) is 0 Å². The van der Waals surface area contributed by atoms with Crippen LogP contribution in [-0.4, -0.2) is 62.6 Å². The molecule has 2 saturated carbocycles. The van der Waals surface area contributed by atoms with E-state index < -0.39 is 76.3 Å². The highest BCUT2D eigenvalue weighted by molar-refractivity contribution is 6.04. The second-order valence-corrected chi connectivity index (χ2v) is 10.7. The average Bonchev–Trinajstić information content (AvgIpc) is 3.16. The van der Waals surface area contributed by atoms with Crippen molar-refractivity contribution < 1.29 is 56.3 Å². The van der Waals surface area contributed by atoms with E-state index in [4.69, 9.17) is 9.47 Å². The van der Waals surface area contributed by atoms with Gasteiger partial charge in [-0.15, -0.1) is 0 Å². The van der Waals surface area contributed by atoms with Crippen molar-refractivity contribution in [1.29, 1.82) is 0 Å². The Morgan fingerprint density at radius 3 is 2.47 bits per heavy atom. The SMILES string of the molecule is CC#CC(=O)O[C@@H]1[C@@H](C)[C@@]2(O)[C@@H](C=C(CO)C[C@]3(O)C(=O)C(C)=C[C@@H]23)[C@@H]2C(C)(C)[C@]12OC(C)=O.[HH].[HH].[HH].[HH].[HH].[HH].[HH].[HH].[HH].[HH].[HH].[HH]. The van der Waals surface area contributed by atoms with Crippen molar-refractivity contribution >= 4 is 17.7 Å². The quantitative estimate of drug-likeness (QED) is 0.231. The van der Waals surface area contributed by atoms with Crippen molar-refractivity contribution in [3.05, 3.63) is 23.3 Å². The number of Topliss-reactive ketones (excluding diaryl/α,β-unsaturated/α-hetero) is 1. The molecule has 0 heterocycles. The topological polar surface area (TPSA) is 130 Å². The molecule has 0 amide bonds. The summed E-state index contributed by atoms with van der Waals surface area (Å²) in [7, 11) is 0. The zero-order valence-corrected chi connectivity index (χ0v) is 20.3. The van der Waals surface area contributed by atoms with E-state index in [9.17, 15) is 29.7 Å². The summed E-state index contributed by atoms with van der Waals surface area (Å²) in [5.41, 5.74) is -4.93. The van der Waals surface area contributed by atoms with Crippen LogP contribution in [-0.2, 0) is 23.9 Å². The first-order chi connectivity index (χ1) is 15.7. The van der Waals surface area contributed by atoms with E-state index in [0.717, 1.165) is 0 Å². The Balaban J connectivity index is -0.000000163. The van der Waals surface area contributed by atoms with Crippen LogP contribution in [0.5, 0.6) is 0 Å². The molecular formula is C26H56O8. The smallest absolute Gasteiger partial charge is 0.384 e. The van der Waals surface area contributed by atoms with Gasteiger partial charge in [0.05, 0.1) is 12.2 Å². The Kier molecular flexibility index (Phi) is 5.45. The molecule has 8 nitrogen and oxygen atoms in total. The lowest BCUT2D eigenvalue weighted by Gasteiger charge is -2.52. The maximum atomic E-state index is 13.1. The Bertz CT molecular complexity index is 1130. The van der Waals surface area contributed by atoms with Crippen LogP contribution in [0.15, 0.2) is 23.3 Å². The zero-order chi connectivity index (χ0) is 25.4. The van der Waals surface area contributed by atoms with Gasteiger partial charge in [0.1, 0.15) is 11.7 Å². The molecule has 0 aromatic heterocycles. The van der Waals surface area contributed by atoms with Crippen LogP contribution in [0.2, 0.25) is 0 Å². The minimum Gasteiger partial charge on any atom is -0.454 e. The Labute approximate surface area is 216 Å². The summed E-state index contributed by atoms with van der Waals surface area (Å²) >= 11 is 0. The second kappa shape index (κ2) is 7.51. The maximum Gasteiger partial charge on any atom is 0.384 e. The number of ketones is 1. The number of rotatable bonds is 3. The van der Waals surface area contributed by atoms with Gasteiger partial charge in [0.25, 0.3) is 0 Å². The number of aliphatic hydroxyl groups is 3. The van der Waals surface area contributed by atoms with Gasteiger partial charge in [0.15, 0.2) is 11.4 Å². The number of fused-ring (bicyclic) bond motifs is 5. The largest absolute Gasteiger partial charge is 0.454 e. The van der Waals surface area contributed by atoms with Crippen LogP contribution in [0.3, 0.4) is 0 Å². The molecule has 0 aromatic carbocycles. The summed E-state index contributed by atoms with van der Waals surface area (Å²) in [5, 5.41) is 34.1. The number of hydrogen-bond acceptors (Lipinski definition) is 8. The minimum absolute atomic E-state index is 0. The number of esters is 2. The summed E-state index contributed by atoms with van der Waals surface area (Å²) < 4.78 is 11.7. The van der Waals surface area contributed by atoms with Gasteiger partial charge in [-0.25, -0.2) is 4.79 Å². The van der Waals surface area contributed by atoms with Crippen LogP contribution >= 0.6 is 0 Å². The molecule has 4 aliphatic rings. The van der Waals surface area contributed by atoms with Gasteiger partial charge in [0, 0.05) is 65.5 Å². The lowest BCUT2D eigenvalue weighted by Crippen LogP contribution is -2.66. The molecule has 34 heavy (non-hydrogen) atoms. The summed E-state index contributed by atoms with van der Waals surface area (Å²) in [6.07, 6.45) is 2.08. The van der Waals surface area contributed by atoms with E-state index in [1.54, 1.807) is 26.0 Å². The number of carbonyl (C=O) groups excluding carboxylic acids is 3. The molecule has 0 aromatic rings. The van der Waals surface area contributed by atoms with Crippen molar-refractivity contribution in [2.24, 2.45) is 29.1 Å². The lowest BCUT2D eigenvalue weighted by molar-refractivity contribution is -0.226. The molecule has 0 unspecified atom stereocenters. The van der Waals surface area contributed by atoms with E-state index in [1.807, 2.05) is 13.8 Å². The summed E-state index contributed by atoms with van der Waals surface area (Å²) in [6, 6.07) is 0. The molecule has 8 atom stereocenters. The predicted molar refractivity (Wildman–Crippen MR) is 145 cm³/mol. The fourth-order valence-electron chi connectivity index (χ4n) is 7.31. The summed E-state index contributed by atoms with van der Waals surface area (Å²) in [5.74, 6) is -0.133. The Morgan fingerprint density at radius 2 is 1.91 bits per heavy atom. The van der Waals surface area contributed by atoms with E-state index in [-0.39, 0.29) is 23.5 Å². The summed E-state index contributed by atoms with van der Waals surface area (Å²) in [4.78, 5) is 37.8. The van der Waals surface area contributed by atoms with Crippen LogP contribution in [0, 0.1) is 40.9 Å². The van der Waals surface area contributed by atoms with Gasteiger partial charge in [-0.05, 0) is 25.0 Å². The van der Waals surface area contributed by atoms with Crippen LogP contribution in [0.25, 0.3) is 0 Å². The average molecular weight is 497 g/mol. The van der Waals surface area contributed by atoms with Crippen molar-refractivity contribution in [1.82, 2.24) is 0 Å². The van der Waals surface area contributed by atoms with Gasteiger partial charge in [-0.2, -0.15) is 0 Å². The molecule has 208 valence electrons. The van der Waals surface area contributed by atoms with Gasteiger partial charge < -0.3 is 24.8 Å². The monoisotopic (exact) mass is 496 g/mol. The van der Waals surface area contributed by atoms with E-state index in [1.165, 1.54) is 13.8 Å². The van der Waals surface area contributed by atoms with Gasteiger partial charge in [-0.1, -0.05) is 38.8 Å². The van der Waals surface area contributed by atoms with Crippen molar-refractivity contribution in [3.8, 4) is 11.8 Å². The first-order valence-corrected chi connectivity index (χ1v) is 11.5. The molecule has 2 fully saturated rings. The molecule has 4 aliphatic carbocycles. The number of ether oxygens (including phenoxy) is 2.